The van der Waals surface area contributed by atoms with E-state index in [1.165, 1.54) is 35.9 Å². The highest BCUT2D eigenvalue weighted by Gasteiger charge is 2.31. The van der Waals surface area contributed by atoms with E-state index < -0.39 is 10.0 Å². The minimum atomic E-state index is -3.63. The van der Waals surface area contributed by atoms with E-state index in [-0.39, 0.29) is 42.7 Å². The van der Waals surface area contributed by atoms with E-state index in [4.69, 9.17) is 13.7 Å². The molecule has 3 aromatic rings. The van der Waals surface area contributed by atoms with Gasteiger partial charge in [0.1, 0.15) is 5.75 Å². The average Bonchev–Trinajstić information content (AvgIpc) is 3.45. The monoisotopic (exact) mass is 417 g/mol. The van der Waals surface area contributed by atoms with Crippen molar-refractivity contribution in [1.82, 2.24) is 14.4 Å². The summed E-state index contributed by atoms with van der Waals surface area (Å²) in [6, 6.07) is 11.2. The number of rotatable bonds is 5. The van der Waals surface area contributed by atoms with Crippen LogP contribution in [0.25, 0.3) is 11.5 Å². The van der Waals surface area contributed by atoms with Gasteiger partial charge in [0.25, 0.3) is 5.91 Å². The SMILES string of the molecule is COc1ccc(S(=O)(=O)N2CCN(C(=O)c3cc(-c4ccco4)on3)CC2)cc1. The second-order valence-electron chi connectivity index (χ2n) is 6.43. The Labute approximate surface area is 167 Å². The van der Waals surface area contributed by atoms with Crippen molar-refractivity contribution in [2.24, 2.45) is 0 Å². The number of hydrogen-bond donors (Lipinski definition) is 0. The van der Waals surface area contributed by atoms with Crippen molar-refractivity contribution in [3.8, 4) is 17.3 Å². The van der Waals surface area contributed by atoms with Crippen LogP contribution in [0.2, 0.25) is 0 Å². The largest absolute Gasteiger partial charge is 0.497 e. The zero-order valence-electron chi connectivity index (χ0n) is 15.6. The lowest BCUT2D eigenvalue weighted by atomic mass is 10.2. The van der Waals surface area contributed by atoms with Crippen molar-refractivity contribution < 1.29 is 26.9 Å². The standard InChI is InChI=1S/C19H19N3O6S/c1-26-14-4-6-15(7-5-14)29(24,25)22-10-8-21(9-11-22)19(23)16-13-18(28-20-16)17-3-2-12-27-17/h2-7,12-13H,8-11H2,1H3. The van der Waals surface area contributed by atoms with Crippen LogP contribution in [0.4, 0.5) is 0 Å². The van der Waals surface area contributed by atoms with E-state index in [1.807, 2.05) is 0 Å². The Morgan fingerprint density at radius 3 is 2.41 bits per heavy atom. The number of benzene rings is 1. The number of carbonyl (C=O) groups is 1. The molecule has 0 saturated carbocycles. The van der Waals surface area contributed by atoms with Crippen LogP contribution in [0.1, 0.15) is 10.5 Å². The predicted molar refractivity (Wildman–Crippen MR) is 102 cm³/mol. The molecule has 152 valence electrons. The third-order valence-electron chi connectivity index (χ3n) is 4.72. The number of piperazine rings is 1. The first kappa shape index (κ1) is 19.2. The molecular formula is C19H19N3O6S. The van der Waals surface area contributed by atoms with Gasteiger partial charge in [-0.15, -0.1) is 0 Å². The molecule has 0 spiro atoms. The molecule has 0 bridgehead atoms. The molecule has 0 N–H and O–H groups in total. The first-order valence-electron chi connectivity index (χ1n) is 8.93. The van der Waals surface area contributed by atoms with Crippen molar-refractivity contribution in [2.45, 2.75) is 4.90 Å². The maximum atomic E-state index is 12.8. The van der Waals surface area contributed by atoms with E-state index >= 15 is 0 Å². The second kappa shape index (κ2) is 7.72. The van der Waals surface area contributed by atoms with Gasteiger partial charge in [0, 0.05) is 32.2 Å². The van der Waals surface area contributed by atoms with Crippen molar-refractivity contribution in [2.75, 3.05) is 33.3 Å². The molecule has 2 aromatic heterocycles. The van der Waals surface area contributed by atoms with Gasteiger partial charge in [-0.3, -0.25) is 4.79 Å². The maximum absolute atomic E-state index is 12.8. The first-order chi connectivity index (χ1) is 14.0. The van der Waals surface area contributed by atoms with Gasteiger partial charge in [-0.2, -0.15) is 4.31 Å². The minimum Gasteiger partial charge on any atom is -0.497 e. The highest BCUT2D eigenvalue weighted by molar-refractivity contribution is 7.89. The van der Waals surface area contributed by atoms with Crippen LogP contribution in [0.3, 0.4) is 0 Å². The quantitative estimate of drug-likeness (QED) is 0.626. The van der Waals surface area contributed by atoms with E-state index in [1.54, 1.807) is 29.2 Å². The number of furan rings is 1. The van der Waals surface area contributed by atoms with Gasteiger partial charge in [0.2, 0.25) is 15.8 Å². The summed E-state index contributed by atoms with van der Waals surface area (Å²) in [5.74, 6) is 1.11. The Morgan fingerprint density at radius 2 is 1.79 bits per heavy atom. The van der Waals surface area contributed by atoms with Gasteiger partial charge in [-0.05, 0) is 36.4 Å². The number of sulfonamides is 1. The van der Waals surface area contributed by atoms with Crippen LogP contribution in [0, 0.1) is 0 Å². The Hall–Kier alpha value is -3.11. The molecule has 4 rings (SSSR count). The molecule has 29 heavy (non-hydrogen) atoms. The van der Waals surface area contributed by atoms with Crippen molar-refractivity contribution in [3.63, 3.8) is 0 Å². The number of hydrogen-bond acceptors (Lipinski definition) is 7. The van der Waals surface area contributed by atoms with E-state index in [0.717, 1.165) is 0 Å². The Kier molecular flexibility index (Phi) is 5.12. The van der Waals surface area contributed by atoms with E-state index in [2.05, 4.69) is 5.16 Å². The van der Waals surface area contributed by atoms with Crippen LogP contribution >= 0.6 is 0 Å². The van der Waals surface area contributed by atoms with Crippen LogP contribution in [-0.2, 0) is 10.0 Å². The number of carbonyl (C=O) groups excluding carboxylic acids is 1. The summed E-state index contributed by atoms with van der Waals surface area (Å²) in [4.78, 5) is 14.4. The molecule has 0 aliphatic carbocycles. The molecule has 0 unspecified atom stereocenters. The second-order valence-corrected chi connectivity index (χ2v) is 8.36. The molecule has 1 amide bonds. The zero-order chi connectivity index (χ0) is 20.4. The molecule has 0 radical (unpaired) electrons. The fourth-order valence-electron chi connectivity index (χ4n) is 3.10. The lowest BCUT2D eigenvalue weighted by Crippen LogP contribution is -2.50. The van der Waals surface area contributed by atoms with E-state index in [0.29, 0.717) is 17.3 Å². The molecular weight excluding hydrogens is 398 g/mol. The lowest BCUT2D eigenvalue weighted by molar-refractivity contribution is 0.0687. The Morgan fingerprint density at radius 1 is 1.07 bits per heavy atom. The average molecular weight is 417 g/mol. The summed E-state index contributed by atoms with van der Waals surface area (Å²) in [7, 11) is -2.11. The number of methoxy groups -OCH3 is 1. The number of aromatic nitrogens is 1. The third-order valence-corrected chi connectivity index (χ3v) is 6.63. The number of amides is 1. The molecule has 0 atom stereocenters. The van der Waals surface area contributed by atoms with Gasteiger partial charge in [-0.25, -0.2) is 8.42 Å². The maximum Gasteiger partial charge on any atom is 0.276 e. The summed E-state index contributed by atoms with van der Waals surface area (Å²) in [6.45, 7) is 0.917. The van der Waals surface area contributed by atoms with Gasteiger partial charge in [0.15, 0.2) is 11.5 Å². The molecule has 1 aliphatic rings. The first-order valence-corrected chi connectivity index (χ1v) is 10.4. The number of nitrogens with zero attached hydrogens (tertiary/aromatic N) is 3. The van der Waals surface area contributed by atoms with Crippen LogP contribution < -0.4 is 4.74 Å². The smallest absolute Gasteiger partial charge is 0.276 e. The topological polar surface area (TPSA) is 106 Å². The molecule has 3 heterocycles. The third kappa shape index (κ3) is 3.76. The predicted octanol–water partition coefficient (Wildman–Crippen LogP) is 2.09. The molecule has 1 aromatic carbocycles. The highest BCUT2D eigenvalue weighted by Crippen LogP contribution is 2.23. The molecule has 1 aliphatic heterocycles. The summed E-state index contributed by atoms with van der Waals surface area (Å²) >= 11 is 0. The van der Waals surface area contributed by atoms with Crippen molar-refractivity contribution in [3.05, 3.63) is 54.4 Å². The summed E-state index contributed by atoms with van der Waals surface area (Å²) in [5, 5.41) is 3.81. The van der Waals surface area contributed by atoms with Crippen LogP contribution in [-0.4, -0.2) is 62.0 Å². The van der Waals surface area contributed by atoms with Gasteiger partial charge in [0.05, 0.1) is 18.3 Å². The van der Waals surface area contributed by atoms with Gasteiger partial charge < -0.3 is 18.6 Å². The molecule has 1 saturated heterocycles. The number of ether oxygens (including phenoxy) is 1. The lowest BCUT2D eigenvalue weighted by Gasteiger charge is -2.33. The van der Waals surface area contributed by atoms with Crippen molar-refractivity contribution >= 4 is 15.9 Å². The van der Waals surface area contributed by atoms with E-state index in [9.17, 15) is 13.2 Å². The summed E-state index contributed by atoms with van der Waals surface area (Å²) in [5.41, 5.74) is 0.155. The molecule has 1 fully saturated rings. The fraction of sp³-hybridized carbons (Fsp3) is 0.263. The minimum absolute atomic E-state index is 0.155. The van der Waals surface area contributed by atoms with Crippen LogP contribution in [0.5, 0.6) is 5.75 Å². The Balaban J connectivity index is 1.41. The highest BCUT2D eigenvalue weighted by atomic mass is 32.2. The Bertz CT molecular complexity index is 1080. The normalized spacial score (nSPS) is 15.4. The zero-order valence-corrected chi connectivity index (χ0v) is 16.5. The molecule has 9 nitrogen and oxygen atoms in total. The van der Waals surface area contributed by atoms with Crippen molar-refractivity contribution in [1.29, 1.82) is 0 Å². The fourth-order valence-corrected chi connectivity index (χ4v) is 4.52. The van der Waals surface area contributed by atoms with Gasteiger partial charge in [-0.1, -0.05) is 5.16 Å². The van der Waals surface area contributed by atoms with Gasteiger partial charge >= 0.3 is 0 Å². The van der Waals surface area contributed by atoms with Crippen LogP contribution in [0.15, 0.2) is 62.6 Å². The summed E-state index contributed by atoms with van der Waals surface area (Å²) in [6.07, 6.45) is 1.50. The molecule has 10 heteroatoms. The summed E-state index contributed by atoms with van der Waals surface area (Å²) < 4.78 is 42.4.